The monoisotopic (exact) mass is 353 g/mol. The maximum absolute atomic E-state index is 12.6. The second-order valence-corrected chi connectivity index (χ2v) is 5.65. The van der Waals surface area contributed by atoms with Crippen molar-refractivity contribution in [1.82, 2.24) is 4.98 Å². The summed E-state index contributed by atoms with van der Waals surface area (Å²) >= 11 is 0. The first kappa shape index (κ1) is 18.6. The van der Waals surface area contributed by atoms with Crippen molar-refractivity contribution < 1.29 is 23.1 Å². The minimum atomic E-state index is -4.39. The molecule has 3 N–H and O–H groups in total. The highest BCUT2D eigenvalue weighted by molar-refractivity contribution is 6.00. The van der Waals surface area contributed by atoms with Crippen molar-refractivity contribution in [2.75, 3.05) is 0 Å². The Balaban J connectivity index is 2.39. The number of amidine groups is 1. The fourth-order valence-corrected chi connectivity index (χ4v) is 2.30. The van der Waals surface area contributed by atoms with Crippen LogP contribution in [0.25, 0.3) is 0 Å². The molecule has 2 rings (SSSR count). The number of ether oxygens (including phenoxy) is 1. The van der Waals surface area contributed by atoms with E-state index in [9.17, 15) is 13.2 Å². The smallest absolute Gasteiger partial charge is 0.416 e. The molecule has 8 heteroatoms. The molecule has 1 heterocycles. The Kier molecular flexibility index (Phi) is 5.51. The molecule has 0 saturated carbocycles. The van der Waals surface area contributed by atoms with Crippen LogP contribution in [0.15, 0.2) is 41.7 Å². The standard InChI is InChI=1S/C17H18F3N3O2/c1-10(2)25-14-7-8-22-13(15(14)16(21)23-24)9-11-3-5-12(6-4-11)17(18,19)20/h3-8,10,24H,9H2,1-2H3,(H2,21,23). The van der Waals surface area contributed by atoms with E-state index in [1.54, 1.807) is 6.07 Å². The van der Waals surface area contributed by atoms with Crippen molar-refractivity contribution in [3.63, 3.8) is 0 Å². The third-order valence-electron chi connectivity index (χ3n) is 3.37. The van der Waals surface area contributed by atoms with E-state index >= 15 is 0 Å². The van der Waals surface area contributed by atoms with Crippen LogP contribution in [0.1, 0.15) is 36.2 Å². The maximum atomic E-state index is 12.6. The molecular weight excluding hydrogens is 335 g/mol. The summed E-state index contributed by atoms with van der Waals surface area (Å²) in [5.41, 5.74) is 6.38. The fourth-order valence-electron chi connectivity index (χ4n) is 2.30. The lowest BCUT2D eigenvalue weighted by atomic mass is 10.0. The molecule has 0 aliphatic heterocycles. The van der Waals surface area contributed by atoms with Crippen molar-refractivity contribution >= 4 is 5.84 Å². The highest BCUT2D eigenvalue weighted by Gasteiger charge is 2.30. The van der Waals surface area contributed by atoms with Crippen LogP contribution in [-0.4, -0.2) is 22.1 Å². The van der Waals surface area contributed by atoms with Crippen LogP contribution in [0.3, 0.4) is 0 Å². The predicted molar refractivity (Wildman–Crippen MR) is 86.8 cm³/mol. The molecule has 5 nitrogen and oxygen atoms in total. The molecule has 0 unspecified atom stereocenters. The van der Waals surface area contributed by atoms with E-state index in [0.717, 1.165) is 12.1 Å². The Morgan fingerprint density at radius 2 is 1.88 bits per heavy atom. The number of alkyl halides is 3. The number of rotatable bonds is 5. The van der Waals surface area contributed by atoms with E-state index in [0.29, 0.717) is 22.6 Å². The van der Waals surface area contributed by atoms with Gasteiger partial charge in [-0.1, -0.05) is 17.3 Å². The maximum Gasteiger partial charge on any atom is 0.416 e. The predicted octanol–water partition coefficient (Wildman–Crippen LogP) is 3.57. The van der Waals surface area contributed by atoms with Gasteiger partial charge in [0.05, 0.1) is 22.9 Å². The largest absolute Gasteiger partial charge is 0.490 e. The minimum absolute atomic E-state index is 0.147. The summed E-state index contributed by atoms with van der Waals surface area (Å²) in [5, 5.41) is 12.0. The number of nitrogens with two attached hydrogens (primary N) is 1. The van der Waals surface area contributed by atoms with Gasteiger partial charge in [-0.15, -0.1) is 0 Å². The zero-order chi connectivity index (χ0) is 18.6. The molecule has 0 fully saturated rings. The molecule has 0 saturated heterocycles. The van der Waals surface area contributed by atoms with Gasteiger partial charge in [-0.05, 0) is 37.6 Å². The van der Waals surface area contributed by atoms with E-state index in [2.05, 4.69) is 10.1 Å². The molecule has 2 aromatic rings. The molecule has 1 aromatic carbocycles. The van der Waals surface area contributed by atoms with Gasteiger partial charge in [0.15, 0.2) is 5.84 Å². The summed E-state index contributed by atoms with van der Waals surface area (Å²) < 4.78 is 43.6. The number of hydrogen-bond donors (Lipinski definition) is 2. The van der Waals surface area contributed by atoms with E-state index in [1.807, 2.05) is 13.8 Å². The highest BCUT2D eigenvalue weighted by Crippen LogP contribution is 2.30. The third-order valence-corrected chi connectivity index (χ3v) is 3.37. The van der Waals surface area contributed by atoms with Gasteiger partial charge in [-0.25, -0.2) is 0 Å². The van der Waals surface area contributed by atoms with Gasteiger partial charge in [0.1, 0.15) is 5.75 Å². The molecule has 1 aromatic heterocycles. The number of aromatic nitrogens is 1. The van der Waals surface area contributed by atoms with Crippen LogP contribution in [0.5, 0.6) is 5.75 Å². The summed E-state index contributed by atoms with van der Waals surface area (Å²) in [4.78, 5) is 4.21. The van der Waals surface area contributed by atoms with Crippen molar-refractivity contribution in [2.45, 2.75) is 32.5 Å². The van der Waals surface area contributed by atoms with Crippen LogP contribution in [-0.2, 0) is 12.6 Å². The Morgan fingerprint density at radius 1 is 1.24 bits per heavy atom. The summed E-state index contributed by atoms with van der Waals surface area (Å²) in [7, 11) is 0. The summed E-state index contributed by atoms with van der Waals surface area (Å²) in [6, 6.07) is 6.34. The minimum Gasteiger partial charge on any atom is -0.490 e. The molecule has 0 aliphatic carbocycles. The van der Waals surface area contributed by atoms with Crippen molar-refractivity contribution in [1.29, 1.82) is 0 Å². The van der Waals surface area contributed by atoms with Gasteiger partial charge < -0.3 is 15.7 Å². The SMILES string of the molecule is CC(C)Oc1ccnc(Cc2ccc(C(F)(F)F)cc2)c1C(N)=NO. The number of pyridine rings is 1. The lowest BCUT2D eigenvalue weighted by Crippen LogP contribution is -2.20. The normalized spacial score (nSPS) is 12.5. The van der Waals surface area contributed by atoms with Gasteiger partial charge in [-0.3, -0.25) is 4.98 Å². The second kappa shape index (κ2) is 7.42. The van der Waals surface area contributed by atoms with Crippen LogP contribution in [0, 0.1) is 0 Å². The first-order valence-electron chi connectivity index (χ1n) is 7.51. The summed E-state index contributed by atoms with van der Waals surface area (Å²) in [5.74, 6) is 0.216. The zero-order valence-electron chi connectivity index (χ0n) is 13.7. The van der Waals surface area contributed by atoms with E-state index in [1.165, 1.54) is 18.3 Å². The van der Waals surface area contributed by atoms with Crippen LogP contribution in [0.2, 0.25) is 0 Å². The van der Waals surface area contributed by atoms with Crippen molar-refractivity contribution in [3.05, 3.63) is 58.9 Å². The van der Waals surface area contributed by atoms with E-state index < -0.39 is 11.7 Å². The lowest BCUT2D eigenvalue weighted by Gasteiger charge is -2.16. The Hall–Kier alpha value is -2.77. The Labute approximate surface area is 142 Å². The van der Waals surface area contributed by atoms with E-state index in [4.69, 9.17) is 15.7 Å². The first-order chi connectivity index (χ1) is 11.7. The molecule has 0 bridgehead atoms. The fraction of sp³-hybridized carbons (Fsp3) is 0.294. The third kappa shape index (κ3) is 4.62. The molecule has 134 valence electrons. The topological polar surface area (TPSA) is 80.7 Å². The lowest BCUT2D eigenvalue weighted by molar-refractivity contribution is -0.137. The molecule has 0 atom stereocenters. The first-order valence-corrected chi connectivity index (χ1v) is 7.51. The summed E-state index contributed by atoms with van der Waals surface area (Å²) in [6.45, 7) is 3.65. The number of benzene rings is 1. The number of halogens is 3. The van der Waals surface area contributed by atoms with Crippen LogP contribution in [0.4, 0.5) is 13.2 Å². The highest BCUT2D eigenvalue weighted by atomic mass is 19.4. The summed E-state index contributed by atoms with van der Waals surface area (Å²) in [6.07, 6.45) is -2.82. The van der Waals surface area contributed by atoms with Crippen LogP contribution >= 0.6 is 0 Å². The molecule has 0 spiro atoms. The quantitative estimate of drug-likeness (QED) is 0.373. The van der Waals surface area contributed by atoms with Crippen molar-refractivity contribution in [2.24, 2.45) is 10.9 Å². The molecule has 0 radical (unpaired) electrons. The average molecular weight is 353 g/mol. The van der Waals surface area contributed by atoms with Gasteiger partial charge in [-0.2, -0.15) is 13.2 Å². The number of nitrogens with zero attached hydrogens (tertiary/aromatic N) is 2. The molecule has 25 heavy (non-hydrogen) atoms. The van der Waals surface area contributed by atoms with Crippen molar-refractivity contribution in [3.8, 4) is 5.75 Å². The second-order valence-electron chi connectivity index (χ2n) is 5.65. The number of hydrogen-bond acceptors (Lipinski definition) is 4. The Morgan fingerprint density at radius 3 is 2.40 bits per heavy atom. The van der Waals surface area contributed by atoms with Crippen LogP contribution < -0.4 is 10.5 Å². The van der Waals surface area contributed by atoms with Gasteiger partial charge in [0.2, 0.25) is 0 Å². The Bertz CT molecular complexity index is 757. The van der Waals surface area contributed by atoms with E-state index in [-0.39, 0.29) is 18.4 Å². The molecule has 0 aliphatic rings. The number of oxime groups is 1. The molecular formula is C17H18F3N3O2. The zero-order valence-corrected chi connectivity index (χ0v) is 13.7. The average Bonchev–Trinajstić information content (AvgIpc) is 2.53. The molecule has 0 amide bonds. The van der Waals surface area contributed by atoms with Gasteiger partial charge >= 0.3 is 6.18 Å². The van der Waals surface area contributed by atoms with Gasteiger partial charge in [0.25, 0.3) is 0 Å². The van der Waals surface area contributed by atoms with Gasteiger partial charge in [0, 0.05) is 12.6 Å².